The van der Waals surface area contributed by atoms with Gasteiger partial charge in [0.1, 0.15) is 0 Å². The van der Waals surface area contributed by atoms with Gasteiger partial charge in [-0.25, -0.2) is 4.79 Å². The number of methoxy groups -OCH3 is 1. The van der Waals surface area contributed by atoms with Gasteiger partial charge in [0.15, 0.2) is 0 Å². The first-order valence-electron chi connectivity index (χ1n) is 22.6. The van der Waals surface area contributed by atoms with Gasteiger partial charge in [0.2, 0.25) is 0 Å². The zero-order valence-electron chi connectivity index (χ0n) is 36.2. The van der Waals surface area contributed by atoms with Crippen molar-refractivity contribution >= 4 is 6.09 Å². The molecule has 0 aliphatic carbocycles. The topological polar surface area (TPSA) is 48.0 Å². The molecule has 0 atom stereocenters. The molecule has 306 valence electrons. The summed E-state index contributed by atoms with van der Waals surface area (Å²) in [5, 5.41) is 0. The van der Waals surface area contributed by atoms with Crippen molar-refractivity contribution in [3.05, 3.63) is 0 Å². The molecule has 0 fully saturated rings. The first-order chi connectivity index (χ1) is 24.6. The number of rotatable bonds is 39. The zero-order chi connectivity index (χ0) is 37.9. The van der Waals surface area contributed by atoms with Crippen LogP contribution in [0, 0.1) is 5.92 Å². The summed E-state index contributed by atoms with van der Waals surface area (Å²) in [6.07, 6.45) is 41.0. The fraction of sp³-hybridized carbons (Fsp3) is 0.978. The number of amides is 1. The van der Waals surface area contributed by atoms with E-state index in [0.29, 0.717) is 19.1 Å². The van der Waals surface area contributed by atoms with Crippen molar-refractivity contribution in [2.45, 2.75) is 252 Å². The first kappa shape index (κ1) is 50.2. The molecule has 0 aliphatic rings. The molecule has 0 heterocycles. The Bertz CT molecular complexity index is 709. The van der Waals surface area contributed by atoms with Crippen LogP contribution in [0.25, 0.3) is 0 Å². The molecule has 0 aromatic carbocycles. The fourth-order valence-electron chi connectivity index (χ4n) is 7.21. The summed E-state index contributed by atoms with van der Waals surface area (Å²) in [6, 6.07) is 0. The standard InChI is InChI=1S/C46H93NO4/c1-9-11-13-15-17-19-21-23-25-27-29-31-33-36-43(37-34-32-30-28-26-24-22-20-18-16-14-12-10-2)42-47(7)44(48)50-40-35-38-46(5,6)51-41-39-45(3,4)49-8/h43H,9-42H2,1-8H3. The number of carbonyl (C=O) groups is 1. The Balaban J connectivity index is 4.42. The van der Waals surface area contributed by atoms with Crippen LogP contribution in [-0.4, -0.2) is 56.1 Å². The number of nitrogens with zero attached hydrogens (tertiary/aromatic N) is 1. The van der Waals surface area contributed by atoms with Crippen molar-refractivity contribution in [2.24, 2.45) is 5.92 Å². The lowest BCUT2D eigenvalue weighted by atomic mass is 9.93. The van der Waals surface area contributed by atoms with Gasteiger partial charge in [0.05, 0.1) is 24.4 Å². The van der Waals surface area contributed by atoms with Gasteiger partial charge >= 0.3 is 6.09 Å². The van der Waals surface area contributed by atoms with E-state index in [1.165, 1.54) is 180 Å². The average Bonchev–Trinajstić information content (AvgIpc) is 3.10. The molecule has 0 rings (SSSR count). The Morgan fingerprint density at radius 2 is 0.882 bits per heavy atom. The minimum atomic E-state index is -0.241. The van der Waals surface area contributed by atoms with Crippen LogP contribution in [-0.2, 0) is 14.2 Å². The summed E-state index contributed by atoms with van der Waals surface area (Å²) in [7, 11) is 3.69. The van der Waals surface area contributed by atoms with Crippen LogP contribution in [0.1, 0.15) is 241 Å². The van der Waals surface area contributed by atoms with E-state index in [-0.39, 0.29) is 17.3 Å². The van der Waals surface area contributed by atoms with E-state index in [2.05, 4.69) is 41.5 Å². The number of unbranched alkanes of at least 4 members (excludes halogenated alkanes) is 24. The second-order valence-electron chi connectivity index (χ2n) is 17.3. The van der Waals surface area contributed by atoms with Crippen molar-refractivity contribution in [1.82, 2.24) is 4.90 Å². The Kier molecular flexibility index (Phi) is 34.4. The second-order valence-corrected chi connectivity index (χ2v) is 17.3. The molecule has 1 amide bonds. The predicted molar refractivity (Wildman–Crippen MR) is 223 cm³/mol. The van der Waals surface area contributed by atoms with Crippen molar-refractivity contribution < 1.29 is 19.0 Å². The molecule has 5 nitrogen and oxygen atoms in total. The lowest BCUT2D eigenvalue weighted by Gasteiger charge is -2.29. The fourth-order valence-corrected chi connectivity index (χ4v) is 7.21. The van der Waals surface area contributed by atoms with Crippen LogP contribution < -0.4 is 0 Å². The quantitative estimate of drug-likeness (QED) is 0.0593. The molecule has 51 heavy (non-hydrogen) atoms. The van der Waals surface area contributed by atoms with Crippen LogP contribution in [0.15, 0.2) is 0 Å². The third-order valence-electron chi connectivity index (χ3n) is 11.2. The van der Waals surface area contributed by atoms with E-state index in [0.717, 1.165) is 25.8 Å². The van der Waals surface area contributed by atoms with Crippen LogP contribution in [0.4, 0.5) is 4.79 Å². The van der Waals surface area contributed by atoms with Gasteiger partial charge in [-0.1, -0.05) is 181 Å². The number of ether oxygens (including phenoxy) is 3. The third-order valence-corrected chi connectivity index (χ3v) is 11.2. The van der Waals surface area contributed by atoms with Crippen molar-refractivity contribution in [3.63, 3.8) is 0 Å². The summed E-state index contributed by atoms with van der Waals surface area (Å²) in [6.45, 7) is 14.9. The first-order valence-corrected chi connectivity index (χ1v) is 22.6. The predicted octanol–water partition coefficient (Wildman–Crippen LogP) is 15.0. The molecule has 0 radical (unpaired) electrons. The van der Waals surface area contributed by atoms with Crippen molar-refractivity contribution in [2.75, 3.05) is 33.9 Å². The molecule has 5 heteroatoms. The van der Waals surface area contributed by atoms with Gasteiger partial charge in [0, 0.05) is 20.7 Å². The molecule has 0 saturated carbocycles. The Labute approximate surface area is 320 Å². The molecular weight excluding hydrogens is 631 g/mol. The summed E-state index contributed by atoms with van der Waals surface area (Å²) < 4.78 is 17.4. The maximum absolute atomic E-state index is 13.0. The number of hydrogen-bond acceptors (Lipinski definition) is 4. The highest BCUT2D eigenvalue weighted by Gasteiger charge is 2.22. The normalized spacial score (nSPS) is 12.3. The van der Waals surface area contributed by atoms with E-state index < -0.39 is 0 Å². The maximum Gasteiger partial charge on any atom is 0.409 e. The molecule has 0 aromatic heterocycles. The monoisotopic (exact) mass is 724 g/mol. The average molecular weight is 724 g/mol. The van der Waals surface area contributed by atoms with E-state index in [9.17, 15) is 4.79 Å². The summed E-state index contributed by atoms with van der Waals surface area (Å²) in [5.74, 6) is 0.576. The van der Waals surface area contributed by atoms with Gasteiger partial charge in [-0.2, -0.15) is 0 Å². The van der Waals surface area contributed by atoms with Crippen LogP contribution in [0.2, 0.25) is 0 Å². The summed E-state index contributed by atoms with van der Waals surface area (Å²) in [4.78, 5) is 14.8. The van der Waals surface area contributed by atoms with Gasteiger partial charge in [-0.15, -0.1) is 0 Å². The Hall–Kier alpha value is -0.810. The van der Waals surface area contributed by atoms with E-state index in [1.54, 1.807) is 7.11 Å². The smallest absolute Gasteiger partial charge is 0.409 e. The van der Waals surface area contributed by atoms with E-state index >= 15 is 0 Å². The van der Waals surface area contributed by atoms with Crippen LogP contribution in [0.5, 0.6) is 0 Å². The molecule has 0 N–H and O–H groups in total. The molecule has 0 aliphatic heterocycles. The third kappa shape index (κ3) is 34.7. The molecule has 0 bridgehead atoms. The molecule has 0 aromatic rings. The van der Waals surface area contributed by atoms with Gasteiger partial charge in [0.25, 0.3) is 0 Å². The maximum atomic E-state index is 13.0. The highest BCUT2D eigenvalue weighted by atomic mass is 16.6. The summed E-state index contributed by atoms with van der Waals surface area (Å²) in [5.41, 5.74) is -0.414. The highest BCUT2D eigenvalue weighted by molar-refractivity contribution is 5.67. The van der Waals surface area contributed by atoms with Gasteiger partial charge in [-0.3, -0.25) is 0 Å². The van der Waals surface area contributed by atoms with Crippen molar-refractivity contribution in [3.8, 4) is 0 Å². The molecule has 0 spiro atoms. The molecular formula is C46H93NO4. The molecule has 0 saturated heterocycles. The van der Waals surface area contributed by atoms with E-state index in [4.69, 9.17) is 14.2 Å². The number of hydrogen-bond donors (Lipinski definition) is 0. The highest BCUT2D eigenvalue weighted by Crippen LogP contribution is 2.23. The minimum absolute atomic E-state index is 0.170. The Morgan fingerprint density at radius 3 is 1.25 bits per heavy atom. The molecule has 0 unspecified atom stereocenters. The minimum Gasteiger partial charge on any atom is -0.449 e. The number of carbonyl (C=O) groups excluding carboxylic acids is 1. The van der Waals surface area contributed by atoms with Gasteiger partial charge in [-0.05, 0) is 65.7 Å². The van der Waals surface area contributed by atoms with Gasteiger partial charge < -0.3 is 19.1 Å². The Morgan fingerprint density at radius 1 is 0.510 bits per heavy atom. The zero-order valence-corrected chi connectivity index (χ0v) is 36.2. The lowest BCUT2D eigenvalue weighted by molar-refractivity contribution is -0.0632. The van der Waals surface area contributed by atoms with Crippen LogP contribution >= 0.6 is 0 Å². The lowest BCUT2D eigenvalue weighted by Crippen LogP contribution is -2.33. The van der Waals surface area contributed by atoms with Crippen LogP contribution in [0.3, 0.4) is 0 Å². The van der Waals surface area contributed by atoms with E-state index in [1.807, 2.05) is 11.9 Å². The summed E-state index contributed by atoms with van der Waals surface area (Å²) >= 11 is 0. The SMILES string of the molecule is CCCCCCCCCCCCCCCC(CCCCCCCCCCCCCCC)CN(C)C(=O)OCCCC(C)(C)OCCC(C)(C)OC. The van der Waals surface area contributed by atoms with Crippen molar-refractivity contribution in [1.29, 1.82) is 0 Å². The second kappa shape index (κ2) is 34.9. The largest absolute Gasteiger partial charge is 0.449 e.